The maximum Gasteiger partial charge on any atom is 0.320 e. The van der Waals surface area contributed by atoms with Crippen LogP contribution in [0.25, 0.3) is 5.57 Å². The lowest BCUT2D eigenvalue weighted by atomic mass is 9.82. The van der Waals surface area contributed by atoms with Gasteiger partial charge in [-0.1, -0.05) is 127 Å². The fourth-order valence-corrected chi connectivity index (χ4v) is 11.2. The summed E-state index contributed by atoms with van der Waals surface area (Å²) < 4.78 is 22.2. The van der Waals surface area contributed by atoms with E-state index in [-0.39, 0.29) is 22.6 Å². The number of hydrogen-bond acceptors (Lipinski definition) is 3. The number of carbonyl (C=O) groups excluding carboxylic acids is 1. The van der Waals surface area contributed by atoms with Crippen LogP contribution in [-0.4, -0.2) is 32.1 Å². The fourth-order valence-electron chi connectivity index (χ4n) is 6.80. The zero-order valence-corrected chi connectivity index (χ0v) is 28.2. The molecule has 0 aliphatic carbocycles. The minimum Gasteiger partial charge on any atom is -0.532 e. The van der Waals surface area contributed by atoms with Gasteiger partial charge in [0, 0.05) is 12.6 Å². The minimum atomic E-state index is -3.03. The third-order valence-electron chi connectivity index (χ3n) is 8.66. The molecule has 5 heteroatoms. The third-order valence-corrected chi connectivity index (χ3v) is 13.6. The number of allylic oxidation sites excluding steroid dienone is 2. The monoisotopic (exact) mass is 597 g/mol. The molecule has 1 heterocycles. The molecule has 0 amide bonds. The zero-order chi connectivity index (χ0) is 31.4. The van der Waals surface area contributed by atoms with Crippen molar-refractivity contribution in [2.45, 2.75) is 85.2 Å². The van der Waals surface area contributed by atoms with Crippen molar-refractivity contribution >= 4 is 30.0 Å². The Labute approximate surface area is 259 Å². The van der Waals surface area contributed by atoms with Gasteiger partial charge in [-0.05, 0) is 64.4 Å². The van der Waals surface area contributed by atoms with Gasteiger partial charge in [-0.15, -0.1) is 0 Å². The SMILES string of the molecule is CCCCCC1=C(c2ccc(F)cc2)C(O[Si](c2ccccc2)(c2ccccc2)C(C)(C)C)=C(C(C)C)N(C)C1C(C)=O. The average Bonchev–Trinajstić information content (AvgIpc) is 2.96. The summed E-state index contributed by atoms with van der Waals surface area (Å²) in [6.07, 6.45) is 3.89. The second-order valence-corrected chi connectivity index (χ2v) is 17.3. The number of halogens is 1. The van der Waals surface area contributed by atoms with E-state index in [1.165, 1.54) is 22.5 Å². The van der Waals surface area contributed by atoms with Gasteiger partial charge in [0.15, 0.2) is 5.78 Å². The van der Waals surface area contributed by atoms with E-state index in [0.29, 0.717) is 0 Å². The standard InChI is InChI=1S/C38H48FNO2Si/c1-9-10-13-22-33-34(29-23-25-30(39)26-24-29)37(35(27(2)3)40(8)36(33)28(4)41)42-43(38(5,6)7,31-18-14-11-15-19-31)32-20-16-12-17-21-32/h11-12,14-21,23-27,36H,9-10,13,22H2,1-8H3. The number of Topliss-reactive ketones (excluding diaryl/α,β-unsaturated/α-hetero) is 1. The van der Waals surface area contributed by atoms with Gasteiger partial charge in [0.05, 0.1) is 5.70 Å². The number of carbonyl (C=O) groups is 1. The smallest absolute Gasteiger partial charge is 0.320 e. The Morgan fingerprint density at radius 3 is 1.88 bits per heavy atom. The minimum absolute atomic E-state index is 0.0766. The number of benzene rings is 3. The first-order valence-corrected chi connectivity index (χ1v) is 17.6. The highest BCUT2D eigenvalue weighted by atomic mass is 28.4. The van der Waals surface area contributed by atoms with E-state index in [1.54, 1.807) is 6.92 Å². The van der Waals surface area contributed by atoms with Crippen LogP contribution in [0.3, 0.4) is 0 Å². The number of ketones is 1. The second-order valence-electron chi connectivity index (χ2n) is 13.1. The van der Waals surface area contributed by atoms with Crippen LogP contribution in [-0.2, 0) is 9.22 Å². The molecule has 3 aromatic carbocycles. The molecule has 0 saturated heterocycles. The van der Waals surface area contributed by atoms with E-state index in [9.17, 15) is 9.18 Å². The lowest BCUT2D eigenvalue weighted by Gasteiger charge is -2.48. The van der Waals surface area contributed by atoms with Crippen molar-refractivity contribution < 1.29 is 13.6 Å². The summed E-state index contributed by atoms with van der Waals surface area (Å²) in [4.78, 5) is 15.6. The predicted molar refractivity (Wildman–Crippen MR) is 180 cm³/mol. The van der Waals surface area contributed by atoms with Crippen molar-refractivity contribution in [1.82, 2.24) is 4.90 Å². The fraction of sp³-hybridized carbons (Fsp3) is 0.395. The first-order chi connectivity index (χ1) is 20.4. The maximum atomic E-state index is 14.3. The molecule has 0 N–H and O–H groups in total. The lowest BCUT2D eigenvalue weighted by molar-refractivity contribution is -0.120. The molecule has 43 heavy (non-hydrogen) atoms. The first-order valence-electron chi connectivity index (χ1n) is 15.7. The summed E-state index contributed by atoms with van der Waals surface area (Å²) in [6.45, 7) is 15.1. The van der Waals surface area contributed by atoms with Gasteiger partial charge in [-0.3, -0.25) is 4.79 Å². The zero-order valence-electron chi connectivity index (χ0n) is 27.2. The van der Waals surface area contributed by atoms with Crippen molar-refractivity contribution in [2.24, 2.45) is 5.92 Å². The van der Waals surface area contributed by atoms with E-state index >= 15 is 0 Å². The average molecular weight is 598 g/mol. The molecule has 0 bridgehead atoms. The number of unbranched alkanes of at least 4 members (excludes halogenated alkanes) is 2. The van der Waals surface area contributed by atoms with Gasteiger partial charge in [0.25, 0.3) is 0 Å². The van der Waals surface area contributed by atoms with Crippen molar-refractivity contribution in [3.8, 4) is 0 Å². The molecule has 1 aliphatic heterocycles. The van der Waals surface area contributed by atoms with Crippen LogP contribution in [0.1, 0.15) is 79.7 Å². The molecule has 0 saturated carbocycles. The van der Waals surface area contributed by atoms with E-state index in [4.69, 9.17) is 4.43 Å². The van der Waals surface area contributed by atoms with Gasteiger partial charge < -0.3 is 9.33 Å². The van der Waals surface area contributed by atoms with E-state index in [1.807, 2.05) is 19.2 Å². The van der Waals surface area contributed by atoms with E-state index < -0.39 is 14.4 Å². The Morgan fingerprint density at radius 1 is 0.907 bits per heavy atom. The Balaban J connectivity index is 2.14. The van der Waals surface area contributed by atoms with Crippen molar-refractivity contribution in [3.05, 3.63) is 113 Å². The number of likely N-dealkylation sites (N-methyl/N-ethyl adjacent to an activating group) is 1. The number of nitrogens with zero attached hydrogens (tertiary/aromatic N) is 1. The third kappa shape index (κ3) is 6.42. The summed E-state index contributed by atoms with van der Waals surface area (Å²) in [5, 5.41) is 2.12. The molecule has 0 fully saturated rings. The normalized spacial score (nSPS) is 16.2. The molecule has 0 spiro atoms. The van der Waals surface area contributed by atoms with Crippen molar-refractivity contribution in [1.29, 1.82) is 0 Å². The highest BCUT2D eigenvalue weighted by molar-refractivity contribution is 6.99. The number of rotatable bonds is 11. The highest BCUT2D eigenvalue weighted by Crippen LogP contribution is 2.47. The summed E-state index contributed by atoms with van der Waals surface area (Å²) in [7, 11) is -0.995. The van der Waals surface area contributed by atoms with Gasteiger partial charge >= 0.3 is 8.32 Å². The van der Waals surface area contributed by atoms with Crippen molar-refractivity contribution in [3.63, 3.8) is 0 Å². The lowest BCUT2D eigenvalue weighted by Crippen LogP contribution is -2.66. The predicted octanol–water partition coefficient (Wildman–Crippen LogP) is 8.51. The first kappa shape index (κ1) is 32.5. The van der Waals surface area contributed by atoms with Crippen LogP contribution >= 0.6 is 0 Å². The molecule has 1 aliphatic rings. The van der Waals surface area contributed by atoms with Crippen LogP contribution in [0, 0.1) is 11.7 Å². The van der Waals surface area contributed by atoms with Crippen LogP contribution in [0.4, 0.5) is 4.39 Å². The molecular formula is C38H48FNO2Si. The maximum absolute atomic E-state index is 14.3. The highest BCUT2D eigenvalue weighted by Gasteiger charge is 2.54. The summed E-state index contributed by atoms with van der Waals surface area (Å²) in [6, 6.07) is 27.6. The molecule has 0 aromatic heterocycles. The molecule has 1 unspecified atom stereocenters. The molecule has 3 nitrogen and oxygen atoms in total. The quantitative estimate of drug-likeness (QED) is 0.164. The van der Waals surface area contributed by atoms with E-state index in [0.717, 1.165) is 53.8 Å². The Kier molecular flexibility index (Phi) is 10.2. The summed E-state index contributed by atoms with van der Waals surface area (Å²) in [5.41, 5.74) is 3.91. The van der Waals surface area contributed by atoms with Crippen molar-refractivity contribution in [2.75, 3.05) is 7.05 Å². The van der Waals surface area contributed by atoms with Crippen LogP contribution in [0.15, 0.2) is 102 Å². The molecule has 0 radical (unpaired) electrons. The van der Waals surface area contributed by atoms with Gasteiger partial charge in [0.2, 0.25) is 0 Å². The van der Waals surface area contributed by atoms with Gasteiger partial charge in [0.1, 0.15) is 17.6 Å². The number of hydrogen-bond donors (Lipinski definition) is 0. The summed E-state index contributed by atoms with van der Waals surface area (Å²) in [5.74, 6) is 0.724. The van der Waals surface area contributed by atoms with Crippen LogP contribution in [0.2, 0.25) is 5.04 Å². The van der Waals surface area contributed by atoms with Crippen LogP contribution in [0.5, 0.6) is 0 Å². The Bertz CT molecular complexity index is 1410. The topological polar surface area (TPSA) is 29.5 Å². The van der Waals surface area contributed by atoms with Gasteiger partial charge in [-0.2, -0.15) is 0 Å². The molecule has 228 valence electrons. The summed E-state index contributed by atoms with van der Waals surface area (Å²) >= 11 is 0. The second kappa shape index (κ2) is 13.5. The molecule has 1 atom stereocenters. The van der Waals surface area contributed by atoms with Crippen LogP contribution < -0.4 is 10.4 Å². The Hall–Kier alpha value is -3.44. The largest absolute Gasteiger partial charge is 0.532 e. The molecule has 4 rings (SSSR count). The van der Waals surface area contributed by atoms with Gasteiger partial charge in [-0.25, -0.2) is 4.39 Å². The van der Waals surface area contributed by atoms with E-state index in [2.05, 4.69) is 107 Å². The molecule has 3 aromatic rings. The Morgan fingerprint density at radius 2 is 1.44 bits per heavy atom. The molecular weight excluding hydrogens is 550 g/mol.